The summed E-state index contributed by atoms with van der Waals surface area (Å²) in [4.78, 5) is 24.3. The minimum atomic E-state index is -0.117. The van der Waals surface area contributed by atoms with Crippen LogP contribution in [0.5, 0.6) is 0 Å². The molecule has 1 saturated heterocycles. The van der Waals surface area contributed by atoms with Crippen molar-refractivity contribution in [3.05, 3.63) is 59.4 Å². The summed E-state index contributed by atoms with van der Waals surface area (Å²) in [7, 11) is 0. The number of carbonyl (C=O) groups is 1. The summed E-state index contributed by atoms with van der Waals surface area (Å²) in [6.45, 7) is 4.89. The molecule has 0 spiro atoms. The molecule has 2 atom stereocenters. The van der Waals surface area contributed by atoms with Gasteiger partial charge in [-0.2, -0.15) is 4.68 Å². The third kappa shape index (κ3) is 2.82. The van der Waals surface area contributed by atoms with Crippen LogP contribution in [-0.2, 0) is 11.8 Å². The summed E-state index contributed by atoms with van der Waals surface area (Å²) in [5.41, 5.74) is 3.76. The predicted octanol–water partition coefficient (Wildman–Crippen LogP) is 2.27. The molecule has 1 aliphatic carbocycles. The van der Waals surface area contributed by atoms with Crippen molar-refractivity contribution in [2.24, 2.45) is 0 Å². The largest absolute Gasteiger partial charge is 0.335 e. The second-order valence-corrected chi connectivity index (χ2v) is 8.16. The molecule has 1 aliphatic heterocycles. The molecule has 3 aromatic rings. The van der Waals surface area contributed by atoms with E-state index in [1.165, 1.54) is 5.56 Å². The number of fused-ring (bicyclic) bond motifs is 3. The highest BCUT2D eigenvalue weighted by Crippen LogP contribution is 2.44. The Balaban J connectivity index is 1.44. The van der Waals surface area contributed by atoms with E-state index < -0.39 is 0 Å². The van der Waals surface area contributed by atoms with Crippen molar-refractivity contribution in [1.29, 1.82) is 0 Å². The van der Waals surface area contributed by atoms with Crippen LogP contribution < -0.4 is 0 Å². The fourth-order valence-electron chi connectivity index (χ4n) is 5.01. The number of carbonyl (C=O) groups excluding carboxylic acids is 1. The first-order valence-electron chi connectivity index (χ1n) is 10.0. The van der Waals surface area contributed by atoms with E-state index in [2.05, 4.69) is 37.3 Å². The molecule has 3 heterocycles. The minimum absolute atomic E-state index is 0.0819. The molecule has 8 heteroatoms. The molecule has 5 rings (SSSR count). The van der Waals surface area contributed by atoms with Crippen LogP contribution in [0.2, 0.25) is 0 Å². The zero-order chi connectivity index (χ0) is 20.0. The van der Waals surface area contributed by atoms with Crippen LogP contribution in [0, 0.1) is 6.92 Å². The Morgan fingerprint density at radius 3 is 2.83 bits per heavy atom. The first-order chi connectivity index (χ1) is 14.1. The van der Waals surface area contributed by atoms with Gasteiger partial charge in [-0.15, -0.1) is 5.10 Å². The van der Waals surface area contributed by atoms with Gasteiger partial charge in [0.15, 0.2) is 5.82 Å². The van der Waals surface area contributed by atoms with Gasteiger partial charge in [-0.05, 0) is 72.9 Å². The Morgan fingerprint density at radius 2 is 2.07 bits per heavy atom. The fourth-order valence-corrected chi connectivity index (χ4v) is 5.01. The minimum Gasteiger partial charge on any atom is -0.335 e. The van der Waals surface area contributed by atoms with Gasteiger partial charge in [0.05, 0.1) is 11.4 Å². The highest BCUT2D eigenvalue weighted by Gasteiger charge is 2.48. The molecule has 0 saturated carbocycles. The number of tetrazole rings is 1. The number of benzene rings is 1. The predicted molar refractivity (Wildman–Crippen MR) is 106 cm³/mol. The average molecular weight is 389 g/mol. The third-order valence-electron chi connectivity index (χ3n) is 6.47. The van der Waals surface area contributed by atoms with E-state index in [1.807, 2.05) is 37.4 Å². The van der Waals surface area contributed by atoms with Gasteiger partial charge in [0.25, 0.3) is 5.91 Å². The van der Waals surface area contributed by atoms with E-state index in [1.54, 1.807) is 11.0 Å². The van der Waals surface area contributed by atoms with E-state index >= 15 is 0 Å². The lowest BCUT2D eigenvalue weighted by Gasteiger charge is -2.51. The second kappa shape index (κ2) is 6.72. The smallest absolute Gasteiger partial charge is 0.254 e. The Labute approximate surface area is 169 Å². The maximum Gasteiger partial charge on any atom is 0.254 e. The lowest BCUT2D eigenvalue weighted by atomic mass is 9.65. The molecule has 0 unspecified atom stereocenters. The van der Waals surface area contributed by atoms with Crippen molar-refractivity contribution in [2.75, 3.05) is 6.54 Å². The van der Waals surface area contributed by atoms with Crippen LogP contribution in [0.4, 0.5) is 0 Å². The van der Waals surface area contributed by atoms with Crippen LogP contribution in [-0.4, -0.2) is 53.6 Å². The molecule has 148 valence electrons. The summed E-state index contributed by atoms with van der Waals surface area (Å²) in [6.07, 6.45) is 7.45. The topological polar surface area (TPSA) is 89.7 Å². The average Bonchev–Trinajstić information content (AvgIpc) is 3.18. The maximum atomic E-state index is 13.4. The van der Waals surface area contributed by atoms with Gasteiger partial charge in [0.2, 0.25) is 0 Å². The van der Waals surface area contributed by atoms with Gasteiger partial charge in [0, 0.05) is 29.8 Å². The normalized spacial score (nSPS) is 23.4. The van der Waals surface area contributed by atoms with E-state index in [0.717, 1.165) is 43.6 Å². The molecule has 2 aromatic heterocycles. The van der Waals surface area contributed by atoms with Crippen molar-refractivity contribution in [1.82, 2.24) is 35.1 Å². The van der Waals surface area contributed by atoms with Crippen LogP contribution >= 0.6 is 0 Å². The number of piperidine rings is 1. The standard InChI is InChI=1S/C21H23N7O/c1-14-24-25-26-28(14)17-7-4-15(5-8-17)20(29)27-11-3-10-21(2)18(27)9-6-16-12-22-13-23-19(16)21/h4-5,7-8,12-13,18H,3,6,9-11H2,1-2H3/t18-,21-/m1/s1. The molecule has 1 amide bonds. The highest BCUT2D eigenvalue weighted by molar-refractivity contribution is 5.94. The zero-order valence-electron chi connectivity index (χ0n) is 16.6. The van der Waals surface area contributed by atoms with Crippen molar-refractivity contribution in [2.45, 2.75) is 51.0 Å². The molecular weight excluding hydrogens is 366 g/mol. The molecule has 29 heavy (non-hydrogen) atoms. The molecular formula is C21H23N7O. The number of rotatable bonds is 2. The molecule has 0 bridgehead atoms. The van der Waals surface area contributed by atoms with Crippen molar-refractivity contribution in [3.8, 4) is 5.69 Å². The van der Waals surface area contributed by atoms with E-state index in [9.17, 15) is 4.79 Å². The van der Waals surface area contributed by atoms with Gasteiger partial charge in [-0.25, -0.2) is 9.97 Å². The molecule has 2 aliphatic rings. The van der Waals surface area contributed by atoms with E-state index in [-0.39, 0.29) is 17.4 Å². The van der Waals surface area contributed by atoms with Crippen LogP contribution in [0.25, 0.3) is 5.69 Å². The Hall–Kier alpha value is -3.16. The molecule has 0 radical (unpaired) electrons. The quantitative estimate of drug-likeness (QED) is 0.668. The Kier molecular flexibility index (Phi) is 4.15. The Bertz CT molecular complexity index is 1060. The monoisotopic (exact) mass is 389 g/mol. The van der Waals surface area contributed by atoms with Gasteiger partial charge in [-0.1, -0.05) is 6.92 Å². The summed E-state index contributed by atoms with van der Waals surface area (Å²) >= 11 is 0. The van der Waals surface area contributed by atoms with E-state index in [0.29, 0.717) is 11.4 Å². The lowest BCUT2D eigenvalue weighted by Crippen LogP contribution is -2.57. The van der Waals surface area contributed by atoms with Gasteiger partial charge < -0.3 is 4.90 Å². The van der Waals surface area contributed by atoms with Crippen molar-refractivity contribution < 1.29 is 4.79 Å². The van der Waals surface area contributed by atoms with Crippen LogP contribution in [0.3, 0.4) is 0 Å². The summed E-state index contributed by atoms with van der Waals surface area (Å²) < 4.78 is 1.66. The molecule has 8 nitrogen and oxygen atoms in total. The lowest BCUT2D eigenvalue weighted by molar-refractivity contribution is 0.0379. The molecule has 1 aromatic carbocycles. The van der Waals surface area contributed by atoms with Crippen molar-refractivity contribution in [3.63, 3.8) is 0 Å². The number of amides is 1. The number of hydrogen-bond acceptors (Lipinski definition) is 6. The number of aromatic nitrogens is 6. The number of aryl methyl sites for hydroxylation is 2. The fraction of sp³-hybridized carbons (Fsp3) is 0.429. The van der Waals surface area contributed by atoms with Crippen LogP contribution in [0.1, 0.15) is 53.6 Å². The summed E-state index contributed by atoms with van der Waals surface area (Å²) in [5, 5.41) is 11.6. The first-order valence-corrected chi connectivity index (χ1v) is 10.0. The summed E-state index contributed by atoms with van der Waals surface area (Å²) in [5.74, 6) is 0.789. The van der Waals surface area contributed by atoms with E-state index in [4.69, 9.17) is 0 Å². The van der Waals surface area contributed by atoms with Crippen LogP contribution in [0.15, 0.2) is 36.8 Å². The molecule has 1 fully saturated rings. The van der Waals surface area contributed by atoms with Gasteiger partial charge in [-0.3, -0.25) is 4.79 Å². The Morgan fingerprint density at radius 1 is 1.24 bits per heavy atom. The van der Waals surface area contributed by atoms with Gasteiger partial charge in [0.1, 0.15) is 6.33 Å². The number of hydrogen-bond donors (Lipinski definition) is 0. The summed E-state index contributed by atoms with van der Waals surface area (Å²) in [6, 6.07) is 7.67. The number of nitrogens with zero attached hydrogens (tertiary/aromatic N) is 7. The SMILES string of the molecule is Cc1nnnn1-c1ccc(C(=O)N2CCC[C@@]3(C)c4ncncc4CC[C@@H]23)cc1. The van der Waals surface area contributed by atoms with Gasteiger partial charge >= 0.3 is 0 Å². The number of likely N-dealkylation sites (tertiary alicyclic amines) is 1. The highest BCUT2D eigenvalue weighted by atomic mass is 16.2. The maximum absolute atomic E-state index is 13.4. The second-order valence-electron chi connectivity index (χ2n) is 8.16. The third-order valence-corrected chi connectivity index (χ3v) is 6.47. The first kappa shape index (κ1) is 17.9. The van der Waals surface area contributed by atoms with Crippen molar-refractivity contribution >= 4 is 5.91 Å². The molecule has 0 N–H and O–H groups in total. The zero-order valence-corrected chi connectivity index (χ0v) is 16.6.